The van der Waals surface area contributed by atoms with Crippen molar-refractivity contribution in [3.05, 3.63) is 35.9 Å². The standard InChI is InChI=1S/C15H18N2O/c1-3-17-11-9-15(2,10-12-17)16-14(18)13-7-5-4-6-8-13/h1,4-8H,9-12H2,2H3,(H,16,18). The summed E-state index contributed by atoms with van der Waals surface area (Å²) >= 11 is 0. The zero-order valence-corrected chi connectivity index (χ0v) is 10.6. The summed E-state index contributed by atoms with van der Waals surface area (Å²) in [6.07, 6.45) is 7.14. The summed E-state index contributed by atoms with van der Waals surface area (Å²) in [5, 5.41) is 3.12. The molecule has 1 N–H and O–H groups in total. The smallest absolute Gasteiger partial charge is 0.251 e. The minimum absolute atomic E-state index is 0.00717. The molecule has 0 spiro atoms. The maximum absolute atomic E-state index is 12.1. The molecule has 1 saturated heterocycles. The van der Waals surface area contributed by atoms with Crippen molar-refractivity contribution in [2.75, 3.05) is 13.1 Å². The first-order valence-corrected chi connectivity index (χ1v) is 6.22. The Morgan fingerprint density at radius 2 is 1.94 bits per heavy atom. The average Bonchev–Trinajstić information content (AvgIpc) is 2.40. The largest absolute Gasteiger partial charge is 0.347 e. The molecule has 0 aromatic heterocycles. The molecule has 0 radical (unpaired) electrons. The van der Waals surface area contributed by atoms with E-state index in [1.807, 2.05) is 35.2 Å². The molecule has 0 atom stereocenters. The molecule has 0 unspecified atom stereocenters. The van der Waals surface area contributed by atoms with Crippen LogP contribution in [0.3, 0.4) is 0 Å². The van der Waals surface area contributed by atoms with Crippen molar-refractivity contribution in [2.24, 2.45) is 0 Å². The van der Waals surface area contributed by atoms with Gasteiger partial charge in [-0.2, -0.15) is 0 Å². The van der Waals surface area contributed by atoms with Gasteiger partial charge >= 0.3 is 0 Å². The number of nitrogens with one attached hydrogen (secondary N) is 1. The highest BCUT2D eigenvalue weighted by Gasteiger charge is 2.30. The molecule has 1 heterocycles. The molecule has 1 aliphatic rings. The van der Waals surface area contributed by atoms with Crippen molar-refractivity contribution in [2.45, 2.75) is 25.3 Å². The average molecular weight is 242 g/mol. The number of nitrogens with zero attached hydrogens (tertiary/aromatic N) is 1. The second-order valence-corrected chi connectivity index (χ2v) is 5.00. The molecule has 1 aromatic carbocycles. The Hall–Kier alpha value is -1.95. The molecule has 0 saturated carbocycles. The second kappa shape index (κ2) is 5.14. The van der Waals surface area contributed by atoms with E-state index in [9.17, 15) is 4.79 Å². The molecule has 18 heavy (non-hydrogen) atoms. The lowest BCUT2D eigenvalue weighted by atomic mass is 9.89. The van der Waals surface area contributed by atoms with E-state index in [1.54, 1.807) is 0 Å². The van der Waals surface area contributed by atoms with Crippen LogP contribution < -0.4 is 5.32 Å². The third-order valence-corrected chi connectivity index (χ3v) is 3.50. The first-order chi connectivity index (χ1) is 8.63. The Bertz CT molecular complexity index is 453. The maximum Gasteiger partial charge on any atom is 0.251 e. The summed E-state index contributed by atoms with van der Waals surface area (Å²) in [7, 11) is 0. The Balaban J connectivity index is 1.98. The Labute approximate surface area is 108 Å². The van der Waals surface area contributed by atoms with Crippen LogP contribution in [-0.4, -0.2) is 29.4 Å². The molecular formula is C15H18N2O. The number of hydrogen-bond donors (Lipinski definition) is 1. The van der Waals surface area contributed by atoms with E-state index >= 15 is 0 Å². The van der Waals surface area contributed by atoms with Crippen LogP contribution in [0.4, 0.5) is 0 Å². The first-order valence-electron chi connectivity index (χ1n) is 6.22. The van der Waals surface area contributed by atoms with Gasteiger partial charge in [0.15, 0.2) is 0 Å². The van der Waals surface area contributed by atoms with Crippen LogP contribution in [0.2, 0.25) is 0 Å². The summed E-state index contributed by atoms with van der Waals surface area (Å²) < 4.78 is 0. The lowest BCUT2D eigenvalue weighted by molar-refractivity contribution is 0.0864. The number of hydrogen-bond acceptors (Lipinski definition) is 2. The molecule has 1 fully saturated rings. The van der Waals surface area contributed by atoms with Gasteiger partial charge in [0.1, 0.15) is 0 Å². The molecule has 94 valence electrons. The van der Waals surface area contributed by atoms with Crippen molar-refractivity contribution < 1.29 is 4.79 Å². The second-order valence-electron chi connectivity index (χ2n) is 5.00. The molecule has 1 aromatic rings. The molecule has 1 aliphatic heterocycles. The van der Waals surface area contributed by atoms with E-state index in [4.69, 9.17) is 6.42 Å². The third kappa shape index (κ3) is 2.84. The molecule has 3 heteroatoms. The predicted molar refractivity (Wildman–Crippen MR) is 72.0 cm³/mol. The van der Waals surface area contributed by atoms with E-state index in [2.05, 4.69) is 18.3 Å². The molecule has 2 rings (SSSR count). The van der Waals surface area contributed by atoms with Crippen LogP contribution >= 0.6 is 0 Å². The van der Waals surface area contributed by atoms with Crippen LogP contribution in [0.15, 0.2) is 30.3 Å². The highest BCUT2D eigenvalue weighted by atomic mass is 16.1. The summed E-state index contributed by atoms with van der Waals surface area (Å²) in [5.41, 5.74) is 0.554. The SMILES string of the molecule is C#CN1CCC(C)(NC(=O)c2ccccc2)CC1. The monoisotopic (exact) mass is 242 g/mol. The summed E-state index contributed by atoms with van der Waals surface area (Å²) in [6, 6.07) is 12.0. The minimum atomic E-state index is -0.153. The zero-order chi connectivity index (χ0) is 13.0. The fourth-order valence-electron chi connectivity index (χ4n) is 2.19. The fourth-order valence-corrected chi connectivity index (χ4v) is 2.19. The minimum Gasteiger partial charge on any atom is -0.347 e. The normalized spacial score (nSPS) is 17.9. The highest BCUT2D eigenvalue weighted by Crippen LogP contribution is 2.21. The number of amides is 1. The molecular weight excluding hydrogens is 224 g/mol. The van der Waals surface area contributed by atoms with Crippen LogP contribution in [0.25, 0.3) is 0 Å². The number of rotatable bonds is 2. The van der Waals surface area contributed by atoms with Crippen LogP contribution in [0, 0.1) is 12.5 Å². The number of terminal acetylenes is 1. The van der Waals surface area contributed by atoms with E-state index in [0.717, 1.165) is 25.9 Å². The van der Waals surface area contributed by atoms with Gasteiger partial charge in [-0.1, -0.05) is 24.6 Å². The van der Waals surface area contributed by atoms with Crippen molar-refractivity contribution in [3.8, 4) is 12.5 Å². The van der Waals surface area contributed by atoms with E-state index in [-0.39, 0.29) is 11.4 Å². The topological polar surface area (TPSA) is 32.3 Å². The van der Waals surface area contributed by atoms with Gasteiger partial charge in [-0.15, -0.1) is 0 Å². The lowest BCUT2D eigenvalue weighted by Crippen LogP contribution is -2.52. The van der Waals surface area contributed by atoms with Gasteiger partial charge in [0.05, 0.1) is 0 Å². The third-order valence-electron chi connectivity index (χ3n) is 3.50. The van der Waals surface area contributed by atoms with Gasteiger partial charge in [0, 0.05) is 30.2 Å². The van der Waals surface area contributed by atoms with Crippen molar-refractivity contribution in [1.82, 2.24) is 10.2 Å². The highest BCUT2D eigenvalue weighted by molar-refractivity contribution is 5.94. The fraction of sp³-hybridized carbons (Fsp3) is 0.400. The molecule has 1 amide bonds. The van der Waals surface area contributed by atoms with Gasteiger partial charge in [0.25, 0.3) is 5.91 Å². The van der Waals surface area contributed by atoms with Gasteiger partial charge in [0.2, 0.25) is 0 Å². The molecule has 0 aliphatic carbocycles. The van der Waals surface area contributed by atoms with Gasteiger partial charge in [-0.05, 0) is 31.9 Å². The van der Waals surface area contributed by atoms with Gasteiger partial charge < -0.3 is 10.2 Å². The van der Waals surface area contributed by atoms with Crippen molar-refractivity contribution in [3.63, 3.8) is 0 Å². The van der Waals surface area contributed by atoms with Crippen LogP contribution in [-0.2, 0) is 0 Å². The quantitative estimate of drug-likeness (QED) is 0.803. The summed E-state index contributed by atoms with van der Waals surface area (Å²) in [5.74, 6) is -0.00717. The van der Waals surface area contributed by atoms with E-state index in [1.165, 1.54) is 0 Å². The first kappa shape index (κ1) is 12.5. The van der Waals surface area contributed by atoms with E-state index in [0.29, 0.717) is 5.56 Å². The lowest BCUT2D eigenvalue weighted by Gasteiger charge is -2.38. The van der Waals surface area contributed by atoms with Crippen molar-refractivity contribution >= 4 is 5.91 Å². The molecule has 0 bridgehead atoms. The number of carbonyl (C=O) groups is 1. The number of likely N-dealkylation sites (tertiary alicyclic amines) is 1. The Morgan fingerprint density at radius 3 is 2.50 bits per heavy atom. The maximum atomic E-state index is 12.1. The van der Waals surface area contributed by atoms with Crippen LogP contribution in [0.5, 0.6) is 0 Å². The number of piperidine rings is 1. The Morgan fingerprint density at radius 1 is 1.33 bits per heavy atom. The number of carbonyl (C=O) groups excluding carboxylic acids is 1. The van der Waals surface area contributed by atoms with Gasteiger partial charge in [-0.3, -0.25) is 4.79 Å². The summed E-state index contributed by atoms with van der Waals surface area (Å²) in [6.45, 7) is 3.76. The van der Waals surface area contributed by atoms with E-state index < -0.39 is 0 Å². The number of benzene rings is 1. The molecule has 3 nitrogen and oxygen atoms in total. The van der Waals surface area contributed by atoms with Crippen LogP contribution in [0.1, 0.15) is 30.1 Å². The van der Waals surface area contributed by atoms with Crippen molar-refractivity contribution in [1.29, 1.82) is 0 Å². The van der Waals surface area contributed by atoms with Gasteiger partial charge in [-0.25, -0.2) is 0 Å². The Kier molecular flexibility index (Phi) is 3.57. The zero-order valence-electron chi connectivity index (χ0n) is 10.6. The summed E-state index contributed by atoms with van der Waals surface area (Å²) in [4.78, 5) is 14.1. The predicted octanol–water partition coefficient (Wildman–Crippen LogP) is 1.86.